The van der Waals surface area contributed by atoms with Crippen LogP contribution in [0.15, 0.2) is 58.7 Å². The fourth-order valence-electron chi connectivity index (χ4n) is 8.19. The Morgan fingerprint density at radius 1 is 0.733 bits per heavy atom. The maximum Gasteiger partial charge on any atom is 0.201 e. The Morgan fingerprint density at radius 3 is 1.67 bits per heavy atom. The normalized spacial score (nSPS) is 15.6. The van der Waals surface area contributed by atoms with Crippen LogP contribution in [0.25, 0.3) is 0 Å². The van der Waals surface area contributed by atoms with Crippen molar-refractivity contribution in [2.45, 2.75) is 149 Å². The van der Waals surface area contributed by atoms with Crippen LogP contribution in [0.2, 0.25) is 33.2 Å². The molecule has 1 heterocycles. The standard InChI is InChI=1S/C38H66O5Si2/c1-26(2)44(27(3)4,28(5)6)42-24-22-32(13)37(43-45(29(7)8,30(9)10)31(11)12)33(14)38(36-17-16-23-40-36)41-25-34-18-20-35(39-15)21-19-34/h16-23,26-31,33,37-38H,24-25H2,1-15H3/b32-22-/t33-,37+,38-/m1/s1. The topological polar surface area (TPSA) is 50.1 Å². The zero-order valence-corrected chi connectivity index (χ0v) is 33.3. The first kappa shape index (κ1) is 39.5. The van der Waals surface area contributed by atoms with Gasteiger partial charge in [0.15, 0.2) is 0 Å². The number of hydrogen-bond acceptors (Lipinski definition) is 5. The minimum Gasteiger partial charge on any atom is -0.497 e. The van der Waals surface area contributed by atoms with E-state index >= 15 is 0 Å². The van der Waals surface area contributed by atoms with Crippen molar-refractivity contribution < 1.29 is 22.7 Å². The van der Waals surface area contributed by atoms with E-state index in [0.29, 0.717) is 46.5 Å². The van der Waals surface area contributed by atoms with Crippen LogP contribution in [0.3, 0.4) is 0 Å². The zero-order valence-electron chi connectivity index (χ0n) is 31.3. The fourth-order valence-corrected chi connectivity index (χ4v) is 19.2. The molecule has 0 aliphatic rings. The van der Waals surface area contributed by atoms with Gasteiger partial charge in [0.1, 0.15) is 17.6 Å². The SMILES string of the molecule is COc1ccc(CO[C@@H](c2ccco2)[C@H](C)[C@@H](O[Si](C(C)C)(C(C)C)C(C)C)/C(C)=C\CO[Si](C(C)C)(C(C)C)C(C)C)cc1. The third-order valence-corrected chi connectivity index (χ3v) is 22.5. The highest BCUT2D eigenvalue weighted by molar-refractivity contribution is 6.78. The number of methoxy groups -OCH3 is 1. The molecule has 0 aliphatic carbocycles. The van der Waals surface area contributed by atoms with Crippen LogP contribution in [-0.2, 0) is 20.2 Å². The van der Waals surface area contributed by atoms with Gasteiger partial charge >= 0.3 is 0 Å². The van der Waals surface area contributed by atoms with Gasteiger partial charge in [0.2, 0.25) is 16.6 Å². The average molecular weight is 659 g/mol. The summed E-state index contributed by atoms with van der Waals surface area (Å²) in [5.74, 6) is 1.66. The average Bonchev–Trinajstić information content (AvgIpc) is 3.49. The van der Waals surface area contributed by atoms with Gasteiger partial charge in [-0.25, -0.2) is 0 Å². The molecule has 0 saturated heterocycles. The predicted molar refractivity (Wildman–Crippen MR) is 195 cm³/mol. The molecule has 0 saturated carbocycles. The molecule has 1 aromatic carbocycles. The number of furan rings is 1. The van der Waals surface area contributed by atoms with Crippen molar-refractivity contribution >= 4 is 16.6 Å². The molecule has 0 bridgehead atoms. The number of rotatable bonds is 19. The molecule has 1 aromatic heterocycles. The smallest absolute Gasteiger partial charge is 0.201 e. The molecule has 0 spiro atoms. The van der Waals surface area contributed by atoms with E-state index in [1.165, 1.54) is 5.57 Å². The van der Waals surface area contributed by atoms with Gasteiger partial charge in [-0.05, 0) is 75.6 Å². The van der Waals surface area contributed by atoms with Crippen molar-refractivity contribution in [2.24, 2.45) is 5.92 Å². The van der Waals surface area contributed by atoms with Gasteiger partial charge in [0, 0.05) is 5.92 Å². The molecule has 5 nitrogen and oxygen atoms in total. The van der Waals surface area contributed by atoms with Crippen molar-refractivity contribution in [3.05, 3.63) is 65.6 Å². The van der Waals surface area contributed by atoms with Crippen molar-refractivity contribution in [3.8, 4) is 5.75 Å². The van der Waals surface area contributed by atoms with Crippen LogP contribution in [0, 0.1) is 5.92 Å². The first-order chi connectivity index (χ1) is 21.1. The fraction of sp³-hybridized carbons (Fsp3) is 0.684. The lowest BCUT2D eigenvalue weighted by atomic mass is 9.91. The lowest BCUT2D eigenvalue weighted by Gasteiger charge is -2.47. The van der Waals surface area contributed by atoms with Gasteiger partial charge in [0.25, 0.3) is 0 Å². The van der Waals surface area contributed by atoms with E-state index in [1.54, 1.807) is 13.4 Å². The highest BCUT2D eigenvalue weighted by atomic mass is 28.4. The third-order valence-electron chi connectivity index (χ3n) is 10.3. The Morgan fingerprint density at radius 2 is 1.24 bits per heavy atom. The molecule has 0 unspecified atom stereocenters. The molecule has 2 aromatic rings. The molecule has 0 aliphatic heterocycles. The minimum atomic E-state index is -2.25. The summed E-state index contributed by atoms with van der Waals surface area (Å²) in [5.41, 5.74) is 5.29. The summed E-state index contributed by atoms with van der Waals surface area (Å²) in [4.78, 5) is 0. The van der Waals surface area contributed by atoms with Gasteiger partial charge < -0.3 is 22.7 Å². The molecule has 2 rings (SSSR count). The summed E-state index contributed by atoms with van der Waals surface area (Å²) in [7, 11) is -2.56. The van der Waals surface area contributed by atoms with Crippen molar-refractivity contribution in [1.29, 1.82) is 0 Å². The first-order valence-corrected chi connectivity index (χ1v) is 21.6. The molecule has 0 amide bonds. The van der Waals surface area contributed by atoms with Crippen LogP contribution >= 0.6 is 0 Å². The molecule has 0 radical (unpaired) electrons. The maximum absolute atomic E-state index is 7.62. The lowest BCUT2D eigenvalue weighted by Crippen LogP contribution is -2.52. The molecule has 0 N–H and O–H groups in total. The minimum absolute atomic E-state index is 0.00364. The molecular weight excluding hydrogens is 593 g/mol. The molecule has 0 fully saturated rings. The summed E-state index contributed by atoms with van der Waals surface area (Å²) >= 11 is 0. The van der Waals surface area contributed by atoms with E-state index in [2.05, 4.69) is 115 Å². The van der Waals surface area contributed by atoms with Crippen molar-refractivity contribution in [3.63, 3.8) is 0 Å². The lowest BCUT2D eigenvalue weighted by molar-refractivity contribution is -0.0399. The molecule has 45 heavy (non-hydrogen) atoms. The Labute approximate surface area is 278 Å². The van der Waals surface area contributed by atoms with Gasteiger partial charge in [-0.3, -0.25) is 0 Å². The van der Waals surface area contributed by atoms with E-state index in [-0.39, 0.29) is 18.1 Å². The Hall–Kier alpha value is -1.65. The van der Waals surface area contributed by atoms with E-state index in [9.17, 15) is 0 Å². The number of benzene rings is 1. The number of ether oxygens (including phenoxy) is 2. The van der Waals surface area contributed by atoms with E-state index in [1.807, 2.05) is 24.3 Å². The second kappa shape index (κ2) is 17.5. The summed E-state index contributed by atoms with van der Waals surface area (Å²) in [6.07, 6.45) is 3.61. The largest absolute Gasteiger partial charge is 0.497 e. The summed E-state index contributed by atoms with van der Waals surface area (Å²) in [6, 6.07) is 12.0. The first-order valence-electron chi connectivity index (χ1n) is 17.3. The van der Waals surface area contributed by atoms with Crippen molar-refractivity contribution in [2.75, 3.05) is 13.7 Å². The van der Waals surface area contributed by atoms with Crippen molar-refractivity contribution in [1.82, 2.24) is 0 Å². The van der Waals surface area contributed by atoms with E-state index in [4.69, 9.17) is 22.7 Å². The van der Waals surface area contributed by atoms with Gasteiger partial charge in [0.05, 0.1) is 32.7 Å². The van der Waals surface area contributed by atoms with E-state index < -0.39 is 16.6 Å². The second-order valence-electron chi connectivity index (χ2n) is 14.9. The quantitative estimate of drug-likeness (QED) is 0.111. The van der Waals surface area contributed by atoms with Crippen LogP contribution in [-0.4, -0.2) is 36.5 Å². The molecule has 256 valence electrons. The molecule has 7 heteroatoms. The summed E-state index contributed by atoms with van der Waals surface area (Å²) < 4.78 is 32.7. The molecular formula is C38H66O5Si2. The van der Waals surface area contributed by atoms with Crippen LogP contribution in [0.4, 0.5) is 0 Å². The van der Waals surface area contributed by atoms with Gasteiger partial charge in [-0.15, -0.1) is 0 Å². The molecule has 3 atom stereocenters. The van der Waals surface area contributed by atoms with E-state index in [0.717, 1.165) is 17.1 Å². The summed E-state index contributed by atoms with van der Waals surface area (Å²) in [6.45, 7) is 33.8. The Bertz CT molecular complexity index is 1090. The van der Waals surface area contributed by atoms with Crippen LogP contribution in [0.1, 0.15) is 114 Å². The highest BCUT2D eigenvalue weighted by Gasteiger charge is 2.49. The van der Waals surface area contributed by atoms with Gasteiger partial charge in [-0.2, -0.15) is 0 Å². The van der Waals surface area contributed by atoms with Gasteiger partial charge in [-0.1, -0.05) is 108 Å². The van der Waals surface area contributed by atoms with Crippen LogP contribution in [0.5, 0.6) is 5.75 Å². The third kappa shape index (κ3) is 9.25. The monoisotopic (exact) mass is 658 g/mol. The predicted octanol–water partition coefficient (Wildman–Crippen LogP) is 11.9. The highest BCUT2D eigenvalue weighted by Crippen LogP contribution is 2.46. The Balaban J connectivity index is 2.56. The summed E-state index contributed by atoms with van der Waals surface area (Å²) in [5, 5.41) is 0. The maximum atomic E-state index is 7.62. The Kier molecular flexibility index (Phi) is 15.4. The van der Waals surface area contributed by atoms with Crippen LogP contribution < -0.4 is 4.74 Å². The zero-order chi connectivity index (χ0) is 34.1. The second-order valence-corrected chi connectivity index (χ2v) is 25.8. The number of hydrogen-bond donors (Lipinski definition) is 0.